The van der Waals surface area contributed by atoms with Crippen molar-refractivity contribution >= 4 is 23.4 Å². The average molecular weight is 314 g/mol. The first-order valence-electron chi connectivity index (χ1n) is 7.81. The molecule has 3 amide bonds. The molecule has 7 heteroatoms. The number of hydrogen-bond donors (Lipinski definition) is 2. The maximum absolute atomic E-state index is 12.7. The maximum atomic E-state index is 12.7. The van der Waals surface area contributed by atoms with Crippen molar-refractivity contribution in [3.63, 3.8) is 0 Å². The third-order valence-corrected chi connectivity index (χ3v) is 4.81. The molecule has 2 fully saturated rings. The monoisotopic (exact) mass is 314 g/mol. The van der Waals surface area contributed by atoms with Crippen molar-refractivity contribution in [2.75, 3.05) is 18.0 Å². The molecule has 23 heavy (non-hydrogen) atoms. The van der Waals surface area contributed by atoms with Gasteiger partial charge in [0.2, 0.25) is 11.8 Å². The molecule has 0 spiro atoms. The molecule has 0 aromatic heterocycles. The van der Waals surface area contributed by atoms with Gasteiger partial charge in [0, 0.05) is 48.9 Å². The number of imide groups is 1. The van der Waals surface area contributed by atoms with Gasteiger partial charge in [0.15, 0.2) is 0 Å². The van der Waals surface area contributed by atoms with E-state index >= 15 is 0 Å². The molecule has 0 radical (unpaired) electrons. The zero-order valence-electron chi connectivity index (χ0n) is 12.6. The first kappa shape index (κ1) is 14.2. The van der Waals surface area contributed by atoms with Crippen LogP contribution in [0.3, 0.4) is 0 Å². The molecule has 1 atom stereocenters. The summed E-state index contributed by atoms with van der Waals surface area (Å²) in [5.41, 5.74) is 8.47. The normalized spacial score (nSPS) is 24.6. The smallest absolute Gasteiger partial charge is 0.255 e. The Bertz CT molecular complexity index is 711. The van der Waals surface area contributed by atoms with Gasteiger partial charge in [0.05, 0.1) is 0 Å². The highest BCUT2D eigenvalue weighted by molar-refractivity contribution is 6.06. The lowest BCUT2D eigenvalue weighted by Gasteiger charge is -2.40. The van der Waals surface area contributed by atoms with E-state index in [0.717, 1.165) is 24.3 Å². The zero-order valence-corrected chi connectivity index (χ0v) is 12.6. The molecular formula is C16H18N4O3. The van der Waals surface area contributed by atoms with Crippen LogP contribution in [0.5, 0.6) is 0 Å². The number of benzene rings is 1. The van der Waals surface area contributed by atoms with Crippen LogP contribution in [0.4, 0.5) is 5.69 Å². The number of anilines is 1. The summed E-state index contributed by atoms with van der Waals surface area (Å²) in [6.07, 6.45) is 0.651. The minimum atomic E-state index is -0.570. The quantitative estimate of drug-likeness (QED) is 0.724. The van der Waals surface area contributed by atoms with E-state index < -0.39 is 6.04 Å². The lowest BCUT2D eigenvalue weighted by atomic mass is 10.0. The molecule has 1 unspecified atom stereocenters. The van der Waals surface area contributed by atoms with E-state index in [4.69, 9.17) is 5.73 Å². The van der Waals surface area contributed by atoms with E-state index in [9.17, 15) is 14.4 Å². The molecule has 7 nitrogen and oxygen atoms in total. The number of nitrogens with zero attached hydrogens (tertiary/aromatic N) is 2. The van der Waals surface area contributed by atoms with E-state index in [1.165, 1.54) is 0 Å². The van der Waals surface area contributed by atoms with Crippen molar-refractivity contribution in [2.24, 2.45) is 5.73 Å². The van der Waals surface area contributed by atoms with Crippen molar-refractivity contribution in [3.05, 3.63) is 29.3 Å². The highest BCUT2D eigenvalue weighted by atomic mass is 16.2. The van der Waals surface area contributed by atoms with E-state index in [1.54, 1.807) is 11.0 Å². The summed E-state index contributed by atoms with van der Waals surface area (Å²) >= 11 is 0. The first-order valence-corrected chi connectivity index (χ1v) is 7.81. The largest absolute Gasteiger partial charge is 0.368 e. The molecule has 3 aliphatic rings. The number of amides is 3. The third kappa shape index (κ3) is 2.19. The van der Waals surface area contributed by atoms with Gasteiger partial charge in [-0.05, 0) is 18.6 Å². The molecule has 1 aromatic carbocycles. The predicted molar refractivity (Wildman–Crippen MR) is 82.7 cm³/mol. The van der Waals surface area contributed by atoms with E-state index in [-0.39, 0.29) is 30.2 Å². The van der Waals surface area contributed by atoms with Gasteiger partial charge in [-0.1, -0.05) is 6.07 Å². The fraction of sp³-hybridized carbons (Fsp3) is 0.438. The lowest BCUT2D eigenvalue weighted by Crippen LogP contribution is -2.56. The van der Waals surface area contributed by atoms with E-state index in [0.29, 0.717) is 18.5 Å². The first-order chi connectivity index (χ1) is 11.0. The van der Waals surface area contributed by atoms with Crippen LogP contribution in [0.15, 0.2) is 18.2 Å². The Labute approximate surface area is 133 Å². The van der Waals surface area contributed by atoms with Gasteiger partial charge >= 0.3 is 0 Å². The maximum Gasteiger partial charge on any atom is 0.255 e. The number of carbonyl (C=O) groups is 3. The summed E-state index contributed by atoms with van der Waals surface area (Å²) in [5.74, 6) is -0.790. The SMILES string of the molecule is NC1CN(c2cccc3c2CN(C2CCC(=O)NC2=O)C3=O)C1. The Morgan fingerprint density at radius 2 is 1.96 bits per heavy atom. The van der Waals surface area contributed by atoms with E-state index in [1.807, 2.05) is 12.1 Å². The summed E-state index contributed by atoms with van der Waals surface area (Å²) < 4.78 is 0. The van der Waals surface area contributed by atoms with Crippen LogP contribution in [0, 0.1) is 0 Å². The van der Waals surface area contributed by atoms with Crippen LogP contribution in [0.1, 0.15) is 28.8 Å². The van der Waals surface area contributed by atoms with Gasteiger partial charge in [-0.15, -0.1) is 0 Å². The van der Waals surface area contributed by atoms with Crippen molar-refractivity contribution in [3.8, 4) is 0 Å². The molecule has 3 aliphatic heterocycles. The zero-order chi connectivity index (χ0) is 16.1. The number of fused-ring (bicyclic) bond motifs is 1. The van der Waals surface area contributed by atoms with Crippen LogP contribution in [0.25, 0.3) is 0 Å². The lowest BCUT2D eigenvalue weighted by molar-refractivity contribution is -0.136. The molecule has 0 aliphatic carbocycles. The van der Waals surface area contributed by atoms with Crippen LogP contribution < -0.4 is 16.0 Å². The van der Waals surface area contributed by atoms with Crippen LogP contribution in [0.2, 0.25) is 0 Å². The van der Waals surface area contributed by atoms with Gasteiger partial charge in [0.25, 0.3) is 5.91 Å². The minimum absolute atomic E-state index is 0.138. The van der Waals surface area contributed by atoms with Gasteiger partial charge in [0.1, 0.15) is 6.04 Å². The Hall–Kier alpha value is -2.41. The summed E-state index contributed by atoms with van der Waals surface area (Å²) in [4.78, 5) is 39.8. The minimum Gasteiger partial charge on any atom is -0.368 e. The van der Waals surface area contributed by atoms with Gasteiger partial charge in [-0.2, -0.15) is 0 Å². The molecular weight excluding hydrogens is 296 g/mol. The second kappa shape index (κ2) is 5.06. The van der Waals surface area contributed by atoms with Crippen molar-refractivity contribution in [1.82, 2.24) is 10.2 Å². The van der Waals surface area contributed by atoms with Crippen molar-refractivity contribution in [2.45, 2.75) is 31.5 Å². The van der Waals surface area contributed by atoms with Crippen LogP contribution in [-0.4, -0.2) is 47.8 Å². The molecule has 0 saturated carbocycles. The highest BCUT2D eigenvalue weighted by Gasteiger charge is 2.40. The Kier molecular flexibility index (Phi) is 3.12. The number of rotatable bonds is 2. The fourth-order valence-electron chi connectivity index (χ4n) is 3.57. The average Bonchev–Trinajstić information content (AvgIpc) is 2.82. The third-order valence-electron chi connectivity index (χ3n) is 4.81. The van der Waals surface area contributed by atoms with E-state index in [2.05, 4.69) is 10.2 Å². The Morgan fingerprint density at radius 1 is 1.17 bits per heavy atom. The van der Waals surface area contributed by atoms with Gasteiger partial charge in [-0.25, -0.2) is 0 Å². The molecule has 3 heterocycles. The van der Waals surface area contributed by atoms with Crippen molar-refractivity contribution < 1.29 is 14.4 Å². The van der Waals surface area contributed by atoms with Crippen molar-refractivity contribution in [1.29, 1.82) is 0 Å². The Morgan fingerprint density at radius 3 is 2.65 bits per heavy atom. The topological polar surface area (TPSA) is 95.7 Å². The molecule has 4 rings (SSSR count). The summed E-state index contributed by atoms with van der Waals surface area (Å²) in [6.45, 7) is 1.97. The standard InChI is InChI=1S/C16H18N4O3/c17-9-6-19(7-9)12-3-1-2-10-11(12)8-20(16(10)23)13-4-5-14(21)18-15(13)22/h1-3,9,13H,4-8,17H2,(H,18,21,22). The second-order valence-corrected chi connectivity index (χ2v) is 6.37. The number of hydrogen-bond acceptors (Lipinski definition) is 5. The number of nitrogens with one attached hydrogen (secondary N) is 1. The molecule has 120 valence electrons. The number of piperidine rings is 1. The summed E-state index contributed by atoms with van der Waals surface area (Å²) in [7, 11) is 0. The van der Waals surface area contributed by atoms with Crippen LogP contribution >= 0.6 is 0 Å². The molecule has 0 bridgehead atoms. The predicted octanol–water partition coefficient (Wildman–Crippen LogP) is -0.405. The van der Waals surface area contributed by atoms with Crippen LogP contribution in [-0.2, 0) is 16.1 Å². The number of nitrogens with two attached hydrogens (primary N) is 1. The van der Waals surface area contributed by atoms with Gasteiger partial charge < -0.3 is 15.5 Å². The molecule has 2 saturated heterocycles. The summed E-state index contributed by atoms with van der Waals surface area (Å²) in [5, 5.41) is 2.32. The van der Waals surface area contributed by atoms with Gasteiger partial charge in [-0.3, -0.25) is 19.7 Å². The molecule has 1 aromatic rings. The fourth-order valence-corrected chi connectivity index (χ4v) is 3.57. The summed E-state index contributed by atoms with van der Waals surface area (Å²) in [6, 6.07) is 5.26. The second-order valence-electron chi connectivity index (χ2n) is 6.37. The molecule has 3 N–H and O–H groups in total. The highest BCUT2D eigenvalue weighted by Crippen LogP contribution is 2.35. The number of carbonyl (C=O) groups excluding carboxylic acids is 3. The Balaban J connectivity index is 1.62.